The highest BCUT2D eigenvalue weighted by molar-refractivity contribution is 8.04. The topological polar surface area (TPSA) is 50.1 Å². The van der Waals surface area contributed by atoms with E-state index in [2.05, 4.69) is 4.74 Å². The number of carbonyl (C=O) groups excluding carboxylic acids is 1. The van der Waals surface area contributed by atoms with Gasteiger partial charge in [-0.1, -0.05) is 13.8 Å². The zero-order chi connectivity index (χ0) is 8.85. The Balaban J connectivity index is 4.12. The van der Waals surface area contributed by atoms with Crippen LogP contribution >= 0.6 is 11.8 Å². The summed E-state index contributed by atoms with van der Waals surface area (Å²) in [6, 6.07) is 0. The lowest BCUT2D eigenvalue weighted by Gasteiger charge is -2.12. The molecule has 0 aromatic rings. The first-order chi connectivity index (χ1) is 5.13. The van der Waals surface area contributed by atoms with Crippen LogP contribution in [0.1, 0.15) is 13.8 Å². The van der Waals surface area contributed by atoms with E-state index < -0.39 is 0 Å². The number of rotatable bonds is 3. The standard InChI is InChI=1S/C7H11NO2S/c1-5(2)6(11-4-8)7(9)10-3/h5-6H,1-3H3/t6-/m0/s1. The number of esters is 1. The molecule has 0 saturated carbocycles. The summed E-state index contributed by atoms with van der Waals surface area (Å²) in [6.45, 7) is 3.76. The van der Waals surface area contributed by atoms with Crippen LogP contribution in [0.2, 0.25) is 0 Å². The van der Waals surface area contributed by atoms with E-state index >= 15 is 0 Å². The second kappa shape index (κ2) is 5.03. The van der Waals surface area contributed by atoms with Crippen LogP contribution in [0.4, 0.5) is 0 Å². The normalized spacial score (nSPS) is 12.3. The van der Waals surface area contributed by atoms with Crippen molar-refractivity contribution in [1.29, 1.82) is 5.26 Å². The lowest BCUT2D eigenvalue weighted by Crippen LogP contribution is -2.23. The van der Waals surface area contributed by atoms with Crippen LogP contribution in [0.3, 0.4) is 0 Å². The first-order valence-electron chi connectivity index (χ1n) is 3.26. The van der Waals surface area contributed by atoms with E-state index in [0.29, 0.717) is 0 Å². The van der Waals surface area contributed by atoms with Crippen molar-refractivity contribution in [3.05, 3.63) is 0 Å². The monoisotopic (exact) mass is 173 g/mol. The van der Waals surface area contributed by atoms with Crippen molar-refractivity contribution in [3.63, 3.8) is 0 Å². The number of hydrogen-bond donors (Lipinski definition) is 0. The lowest BCUT2D eigenvalue weighted by atomic mass is 10.1. The van der Waals surface area contributed by atoms with Crippen LogP contribution < -0.4 is 0 Å². The van der Waals surface area contributed by atoms with Gasteiger partial charge in [0.15, 0.2) is 0 Å². The molecule has 0 unspecified atom stereocenters. The number of thiocyanates is 1. The predicted molar refractivity (Wildman–Crippen MR) is 43.8 cm³/mol. The van der Waals surface area contributed by atoms with Crippen LogP contribution in [-0.4, -0.2) is 18.3 Å². The molecule has 0 spiro atoms. The fourth-order valence-corrected chi connectivity index (χ4v) is 1.21. The first kappa shape index (κ1) is 10.3. The molecular formula is C7H11NO2S. The molecule has 62 valence electrons. The SMILES string of the molecule is COC(=O)[C@@H](SC#N)C(C)C. The maximum absolute atomic E-state index is 10.9. The Labute approximate surface area is 70.7 Å². The Hall–Kier alpha value is -0.690. The van der Waals surface area contributed by atoms with E-state index in [0.717, 1.165) is 11.8 Å². The minimum Gasteiger partial charge on any atom is -0.468 e. The van der Waals surface area contributed by atoms with Gasteiger partial charge in [0.2, 0.25) is 0 Å². The number of nitriles is 1. The summed E-state index contributed by atoms with van der Waals surface area (Å²) in [5, 5.41) is 9.86. The molecule has 0 amide bonds. The van der Waals surface area contributed by atoms with Crippen molar-refractivity contribution in [3.8, 4) is 5.40 Å². The fraction of sp³-hybridized carbons (Fsp3) is 0.714. The van der Waals surface area contributed by atoms with Gasteiger partial charge in [0.25, 0.3) is 0 Å². The molecule has 0 rings (SSSR count). The average molecular weight is 173 g/mol. The zero-order valence-corrected chi connectivity index (χ0v) is 7.64. The fourth-order valence-electron chi connectivity index (χ4n) is 0.629. The van der Waals surface area contributed by atoms with E-state index in [4.69, 9.17) is 5.26 Å². The summed E-state index contributed by atoms with van der Waals surface area (Å²) in [5.41, 5.74) is 0. The molecule has 0 aliphatic rings. The van der Waals surface area contributed by atoms with Crippen LogP contribution in [0.15, 0.2) is 0 Å². The molecule has 0 saturated heterocycles. The molecule has 0 radical (unpaired) electrons. The van der Waals surface area contributed by atoms with Gasteiger partial charge < -0.3 is 4.74 Å². The Kier molecular flexibility index (Phi) is 4.71. The Morgan fingerprint density at radius 3 is 2.45 bits per heavy atom. The number of hydrogen-bond acceptors (Lipinski definition) is 4. The third-order valence-electron chi connectivity index (χ3n) is 1.22. The van der Waals surface area contributed by atoms with Crippen molar-refractivity contribution in [2.45, 2.75) is 19.1 Å². The molecule has 0 N–H and O–H groups in total. The van der Waals surface area contributed by atoms with Crippen LogP contribution in [0.5, 0.6) is 0 Å². The number of methoxy groups -OCH3 is 1. The van der Waals surface area contributed by atoms with Gasteiger partial charge in [0, 0.05) is 0 Å². The summed E-state index contributed by atoms with van der Waals surface area (Å²) in [5.74, 6) is -0.196. The van der Waals surface area contributed by atoms with Crippen molar-refractivity contribution >= 4 is 17.7 Å². The second-order valence-corrected chi connectivity index (χ2v) is 3.32. The van der Waals surface area contributed by atoms with E-state index in [1.54, 1.807) is 0 Å². The van der Waals surface area contributed by atoms with E-state index in [1.807, 2.05) is 19.2 Å². The highest BCUT2D eigenvalue weighted by Crippen LogP contribution is 2.19. The summed E-state index contributed by atoms with van der Waals surface area (Å²) < 4.78 is 4.52. The summed E-state index contributed by atoms with van der Waals surface area (Å²) in [4.78, 5) is 10.9. The van der Waals surface area contributed by atoms with Gasteiger partial charge in [-0.2, -0.15) is 5.26 Å². The van der Waals surface area contributed by atoms with E-state index in [9.17, 15) is 4.79 Å². The Bertz CT molecular complexity index is 174. The molecule has 0 fully saturated rings. The largest absolute Gasteiger partial charge is 0.468 e. The number of nitrogens with zero attached hydrogens (tertiary/aromatic N) is 1. The van der Waals surface area contributed by atoms with Crippen molar-refractivity contribution in [2.75, 3.05) is 7.11 Å². The van der Waals surface area contributed by atoms with Crippen LogP contribution in [0.25, 0.3) is 0 Å². The molecule has 4 heteroatoms. The molecule has 0 aliphatic carbocycles. The van der Waals surface area contributed by atoms with Crippen LogP contribution in [0, 0.1) is 16.6 Å². The molecule has 0 aromatic heterocycles. The smallest absolute Gasteiger partial charge is 0.320 e. The lowest BCUT2D eigenvalue weighted by molar-refractivity contribution is -0.140. The first-order valence-corrected chi connectivity index (χ1v) is 4.14. The van der Waals surface area contributed by atoms with Gasteiger partial charge in [-0.25, -0.2) is 0 Å². The quantitative estimate of drug-likeness (QED) is 0.478. The molecule has 1 atom stereocenters. The van der Waals surface area contributed by atoms with Gasteiger partial charge in [-0.3, -0.25) is 4.79 Å². The van der Waals surface area contributed by atoms with Gasteiger partial charge in [-0.15, -0.1) is 0 Å². The zero-order valence-electron chi connectivity index (χ0n) is 6.83. The summed E-state index contributed by atoms with van der Waals surface area (Å²) in [6.07, 6.45) is 0. The maximum atomic E-state index is 10.9. The number of carbonyl (C=O) groups is 1. The molecule has 0 aliphatic heterocycles. The minimum absolute atomic E-state index is 0.132. The van der Waals surface area contributed by atoms with Crippen molar-refractivity contribution in [2.24, 2.45) is 5.92 Å². The molecule has 11 heavy (non-hydrogen) atoms. The van der Waals surface area contributed by atoms with Crippen LogP contribution in [-0.2, 0) is 9.53 Å². The van der Waals surface area contributed by atoms with E-state index in [1.165, 1.54) is 7.11 Å². The second-order valence-electron chi connectivity index (χ2n) is 2.40. The highest BCUT2D eigenvalue weighted by Gasteiger charge is 2.23. The predicted octanol–water partition coefficient (Wildman–Crippen LogP) is 1.40. The van der Waals surface area contributed by atoms with Gasteiger partial charge >= 0.3 is 5.97 Å². The summed E-state index contributed by atoms with van der Waals surface area (Å²) >= 11 is 0.948. The van der Waals surface area contributed by atoms with Gasteiger partial charge in [0.1, 0.15) is 10.7 Å². The molecule has 0 heterocycles. The maximum Gasteiger partial charge on any atom is 0.320 e. The number of thioether (sulfide) groups is 1. The molecular weight excluding hydrogens is 162 g/mol. The average Bonchev–Trinajstić information content (AvgIpc) is 1.98. The van der Waals surface area contributed by atoms with Gasteiger partial charge in [0.05, 0.1) is 7.11 Å². The molecule has 0 aromatic carbocycles. The van der Waals surface area contributed by atoms with Gasteiger partial charge in [-0.05, 0) is 17.7 Å². The van der Waals surface area contributed by atoms with Crippen molar-refractivity contribution < 1.29 is 9.53 Å². The molecule has 0 bridgehead atoms. The van der Waals surface area contributed by atoms with Crippen molar-refractivity contribution in [1.82, 2.24) is 0 Å². The highest BCUT2D eigenvalue weighted by atomic mass is 32.2. The number of ether oxygens (including phenoxy) is 1. The Morgan fingerprint density at radius 2 is 2.18 bits per heavy atom. The minimum atomic E-state index is -0.356. The third-order valence-corrected chi connectivity index (χ3v) is 2.31. The Morgan fingerprint density at radius 1 is 1.64 bits per heavy atom. The summed E-state index contributed by atoms with van der Waals surface area (Å²) in [7, 11) is 1.33. The third kappa shape index (κ3) is 3.28. The van der Waals surface area contributed by atoms with E-state index in [-0.39, 0.29) is 17.1 Å². The molecule has 3 nitrogen and oxygen atoms in total.